The van der Waals surface area contributed by atoms with E-state index in [1.165, 1.54) is 0 Å². The highest BCUT2D eigenvalue weighted by Gasteiger charge is 2.32. The van der Waals surface area contributed by atoms with Crippen molar-refractivity contribution in [1.29, 1.82) is 0 Å². The normalized spacial score (nSPS) is 21.3. The van der Waals surface area contributed by atoms with E-state index in [0.29, 0.717) is 19.8 Å². The molecule has 4 heteroatoms. The van der Waals surface area contributed by atoms with Crippen LogP contribution in [0.4, 0.5) is 0 Å². The molecule has 2 unspecified atom stereocenters. The molecule has 1 heterocycles. The number of nitrogens with one attached hydrogen (secondary N) is 1. The van der Waals surface area contributed by atoms with Crippen molar-refractivity contribution < 1.29 is 9.53 Å². The summed E-state index contributed by atoms with van der Waals surface area (Å²) < 4.78 is 5.47. The molecule has 18 heavy (non-hydrogen) atoms. The first-order valence-corrected chi connectivity index (χ1v) is 6.41. The summed E-state index contributed by atoms with van der Waals surface area (Å²) in [6, 6.07) is 9.61. The van der Waals surface area contributed by atoms with Gasteiger partial charge in [0.05, 0.1) is 12.8 Å². The predicted molar refractivity (Wildman–Crippen MR) is 70.0 cm³/mol. The molecule has 1 aromatic carbocycles. The van der Waals surface area contributed by atoms with Gasteiger partial charge < -0.3 is 9.64 Å². The van der Waals surface area contributed by atoms with Gasteiger partial charge in [-0.2, -0.15) is 0 Å². The van der Waals surface area contributed by atoms with Gasteiger partial charge in [0.2, 0.25) is 5.91 Å². The third kappa shape index (κ3) is 2.89. The highest BCUT2D eigenvalue weighted by molar-refractivity contribution is 5.85. The Morgan fingerprint density at radius 3 is 2.83 bits per heavy atom. The van der Waals surface area contributed by atoms with Crippen LogP contribution in [0.25, 0.3) is 0 Å². The highest BCUT2D eigenvalue weighted by atomic mass is 16.5. The van der Waals surface area contributed by atoms with E-state index < -0.39 is 0 Å². The van der Waals surface area contributed by atoms with Crippen LogP contribution >= 0.6 is 0 Å². The third-order valence-corrected chi connectivity index (χ3v) is 3.11. The quantitative estimate of drug-likeness (QED) is 0.859. The summed E-state index contributed by atoms with van der Waals surface area (Å²) in [4.78, 5) is 14.1. The van der Waals surface area contributed by atoms with Crippen molar-refractivity contribution >= 4 is 5.91 Å². The Morgan fingerprint density at radius 2 is 2.17 bits per heavy atom. The fourth-order valence-corrected chi connectivity index (χ4v) is 2.26. The molecule has 0 aliphatic carbocycles. The molecule has 1 fully saturated rings. The van der Waals surface area contributed by atoms with Gasteiger partial charge in [0.1, 0.15) is 6.04 Å². The second kappa shape index (κ2) is 5.98. The number of amides is 1. The summed E-state index contributed by atoms with van der Waals surface area (Å²) in [6.45, 7) is 5.87. The maximum Gasteiger partial charge on any atom is 0.245 e. The molecular weight excluding hydrogens is 228 g/mol. The minimum Gasteiger partial charge on any atom is -0.377 e. The van der Waals surface area contributed by atoms with Gasteiger partial charge in [0.15, 0.2) is 0 Å². The predicted octanol–water partition coefficient (Wildman–Crippen LogP) is 1.54. The van der Waals surface area contributed by atoms with Crippen molar-refractivity contribution in [2.45, 2.75) is 26.0 Å². The Morgan fingerprint density at radius 1 is 1.44 bits per heavy atom. The van der Waals surface area contributed by atoms with Crippen molar-refractivity contribution in [2.75, 3.05) is 19.8 Å². The summed E-state index contributed by atoms with van der Waals surface area (Å²) in [7, 11) is 0. The Hall–Kier alpha value is -1.39. The zero-order chi connectivity index (χ0) is 13.0. The number of hydrogen-bond donors (Lipinski definition) is 1. The van der Waals surface area contributed by atoms with Crippen LogP contribution in [0.2, 0.25) is 0 Å². The topological polar surface area (TPSA) is 41.6 Å². The lowest BCUT2D eigenvalue weighted by Crippen LogP contribution is -2.34. The first-order chi connectivity index (χ1) is 8.72. The Labute approximate surface area is 108 Å². The Kier molecular flexibility index (Phi) is 4.33. The second-order valence-electron chi connectivity index (χ2n) is 4.53. The Balaban J connectivity index is 1.97. The van der Waals surface area contributed by atoms with E-state index in [4.69, 9.17) is 4.74 Å². The van der Waals surface area contributed by atoms with Crippen LogP contribution < -0.4 is 5.32 Å². The van der Waals surface area contributed by atoms with Crippen molar-refractivity contribution in [3.8, 4) is 0 Å². The molecule has 0 radical (unpaired) electrons. The van der Waals surface area contributed by atoms with Crippen LogP contribution in [0.1, 0.15) is 25.5 Å². The molecule has 0 spiro atoms. The summed E-state index contributed by atoms with van der Waals surface area (Å²) in [5.41, 5.74) is 1.02. The minimum absolute atomic E-state index is 0.0790. The summed E-state index contributed by atoms with van der Waals surface area (Å²) in [5.74, 6) is 0.132. The van der Waals surface area contributed by atoms with Crippen molar-refractivity contribution in [1.82, 2.24) is 10.2 Å². The van der Waals surface area contributed by atoms with Crippen molar-refractivity contribution in [3.63, 3.8) is 0 Å². The molecule has 0 bridgehead atoms. The van der Waals surface area contributed by atoms with Crippen LogP contribution in [-0.2, 0) is 9.53 Å². The SMILES string of the molecule is CCOC(C)CN1CNC(c2ccccc2)C1=O. The van der Waals surface area contributed by atoms with Crippen LogP contribution in [0.5, 0.6) is 0 Å². The summed E-state index contributed by atoms with van der Waals surface area (Å²) in [6.07, 6.45) is 0.0790. The van der Waals surface area contributed by atoms with Crippen LogP contribution in [0.3, 0.4) is 0 Å². The van der Waals surface area contributed by atoms with Gasteiger partial charge in [-0.25, -0.2) is 0 Å². The van der Waals surface area contributed by atoms with E-state index in [2.05, 4.69) is 5.32 Å². The van der Waals surface area contributed by atoms with Crippen LogP contribution in [0.15, 0.2) is 30.3 Å². The average molecular weight is 248 g/mol. The molecule has 0 aromatic heterocycles. The van der Waals surface area contributed by atoms with Gasteiger partial charge in [-0.3, -0.25) is 10.1 Å². The lowest BCUT2D eigenvalue weighted by atomic mass is 10.1. The van der Waals surface area contributed by atoms with Gasteiger partial charge in [0, 0.05) is 13.2 Å². The molecule has 1 N–H and O–H groups in total. The smallest absolute Gasteiger partial charge is 0.245 e. The van der Waals surface area contributed by atoms with E-state index in [1.54, 1.807) is 0 Å². The number of carbonyl (C=O) groups is 1. The maximum atomic E-state index is 12.3. The lowest BCUT2D eigenvalue weighted by Gasteiger charge is -2.20. The first kappa shape index (κ1) is 13.1. The van der Waals surface area contributed by atoms with Crippen molar-refractivity contribution in [2.24, 2.45) is 0 Å². The van der Waals surface area contributed by atoms with Gasteiger partial charge in [0.25, 0.3) is 0 Å². The van der Waals surface area contributed by atoms with E-state index in [-0.39, 0.29) is 18.1 Å². The molecule has 0 saturated carbocycles. The molecule has 4 nitrogen and oxygen atoms in total. The fraction of sp³-hybridized carbons (Fsp3) is 0.500. The standard InChI is InChI=1S/C14H20N2O2/c1-3-18-11(2)9-16-10-15-13(14(16)17)12-7-5-4-6-8-12/h4-8,11,13,15H,3,9-10H2,1-2H3. The molecule has 1 aromatic rings. The molecule has 1 saturated heterocycles. The number of nitrogens with zero attached hydrogens (tertiary/aromatic N) is 1. The number of ether oxygens (including phenoxy) is 1. The van der Waals surface area contributed by atoms with Crippen LogP contribution in [-0.4, -0.2) is 36.7 Å². The monoisotopic (exact) mass is 248 g/mol. The lowest BCUT2D eigenvalue weighted by molar-refractivity contribution is -0.130. The molecule has 1 aliphatic rings. The maximum absolute atomic E-state index is 12.3. The molecule has 1 aliphatic heterocycles. The zero-order valence-corrected chi connectivity index (χ0v) is 10.9. The van der Waals surface area contributed by atoms with E-state index in [0.717, 1.165) is 5.56 Å². The number of benzene rings is 1. The number of rotatable bonds is 5. The molecule has 98 valence electrons. The van der Waals surface area contributed by atoms with E-state index in [1.807, 2.05) is 49.1 Å². The van der Waals surface area contributed by atoms with E-state index >= 15 is 0 Å². The largest absolute Gasteiger partial charge is 0.377 e. The highest BCUT2D eigenvalue weighted by Crippen LogP contribution is 2.20. The minimum atomic E-state index is -0.208. The summed E-state index contributed by atoms with van der Waals surface area (Å²) in [5, 5.41) is 3.24. The van der Waals surface area contributed by atoms with Crippen molar-refractivity contribution in [3.05, 3.63) is 35.9 Å². The van der Waals surface area contributed by atoms with Gasteiger partial charge in [-0.05, 0) is 19.4 Å². The molecule has 2 rings (SSSR count). The Bertz CT molecular complexity index is 394. The average Bonchev–Trinajstić information content (AvgIpc) is 2.72. The number of hydrogen-bond acceptors (Lipinski definition) is 3. The fourth-order valence-electron chi connectivity index (χ4n) is 2.26. The third-order valence-electron chi connectivity index (χ3n) is 3.11. The molecule has 1 amide bonds. The molecular formula is C14H20N2O2. The zero-order valence-electron chi connectivity index (χ0n) is 10.9. The summed E-state index contributed by atoms with van der Waals surface area (Å²) >= 11 is 0. The van der Waals surface area contributed by atoms with Gasteiger partial charge >= 0.3 is 0 Å². The number of carbonyl (C=O) groups excluding carboxylic acids is 1. The van der Waals surface area contributed by atoms with Crippen LogP contribution in [0, 0.1) is 0 Å². The molecule has 2 atom stereocenters. The second-order valence-corrected chi connectivity index (χ2v) is 4.53. The first-order valence-electron chi connectivity index (χ1n) is 6.41. The van der Waals surface area contributed by atoms with Gasteiger partial charge in [-0.15, -0.1) is 0 Å². The van der Waals surface area contributed by atoms with E-state index in [9.17, 15) is 4.79 Å². The van der Waals surface area contributed by atoms with Gasteiger partial charge in [-0.1, -0.05) is 30.3 Å².